The van der Waals surface area contributed by atoms with Crippen molar-refractivity contribution >= 4 is 28.0 Å². The van der Waals surface area contributed by atoms with Crippen molar-refractivity contribution in [1.82, 2.24) is 20.0 Å². The lowest BCUT2D eigenvalue weighted by Crippen LogP contribution is -2.54. The normalized spacial score (nSPS) is 16.7. The molecular formula is C45H71F3N4O12S. The summed E-state index contributed by atoms with van der Waals surface area (Å²) < 4.78 is 92.3. The van der Waals surface area contributed by atoms with Crippen LogP contribution >= 0.6 is 0 Å². The van der Waals surface area contributed by atoms with Gasteiger partial charge in [-0.1, -0.05) is 7.43 Å². The van der Waals surface area contributed by atoms with E-state index in [2.05, 4.69) is 9.50 Å². The lowest BCUT2D eigenvalue weighted by molar-refractivity contribution is -0.0500. The van der Waals surface area contributed by atoms with Crippen LogP contribution in [0.3, 0.4) is 0 Å². The van der Waals surface area contributed by atoms with E-state index in [4.69, 9.17) is 23.7 Å². The Bertz CT molecular complexity index is 1920. The maximum absolute atomic E-state index is 13.5. The topological polar surface area (TPSA) is 183 Å². The summed E-state index contributed by atoms with van der Waals surface area (Å²) in [4.78, 5) is 44.5. The van der Waals surface area contributed by atoms with E-state index in [-0.39, 0.29) is 67.3 Å². The van der Waals surface area contributed by atoms with Crippen molar-refractivity contribution < 1.29 is 68.9 Å². The third-order valence-corrected chi connectivity index (χ3v) is 10.9. The highest BCUT2D eigenvalue weighted by Crippen LogP contribution is 2.32. The fourth-order valence-corrected chi connectivity index (χ4v) is 7.71. The summed E-state index contributed by atoms with van der Waals surface area (Å²) in [7, 11) is -2.77. The number of aromatic hydroxyl groups is 1. The molecule has 0 spiro atoms. The number of phenolic OH excluding ortho intramolecular Hbond substituents is 1. The summed E-state index contributed by atoms with van der Waals surface area (Å²) >= 11 is 0. The van der Waals surface area contributed by atoms with Gasteiger partial charge in [0.15, 0.2) is 0 Å². The zero-order valence-corrected chi connectivity index (χ0v) is 39.3. The minimum atomic E-state index is -5.91. The largest absolute Gasteiger partial charge is 0.534 e. The first kappa shape index (κ1) is 56.6. The molecule has 2 atom stereocenters. The molecule has 370 valence electrons. The molecule has 16 nitrogen and oxygen atoms in total. The first-order valence-electron chi connectivity index (χ1n) is 21.5. The number of methoxy groups -OCH3 is 2. The van der Waals surface area contributed by atoms with Gasteiger partial charge < -0.3 is 53.0 Å². The van der Waals surface area contributed by atoms with Gasteiger partial charge in [0, 0.05) is 101 Å². The molecule has 0 radical (unpaired) electrons. The SMILES string of the molecule is C.COCCCOc1cc(O)cc(C(=O)N(C(C)C)[C@@H]2CCCN(C(=O)OC(C)(C)C)C2)c1.COCCCOc1cc(OS(=O)(=O)C(F)(F)F)cc(C(=O)N(C(C)C)[C@@H]2CCCNC2)c1. The Balaban J connectivity index is 0.000000440. The number of benzene rings is 2. The van der Waals surface area contributed by atoms with Gasteiger partial charge in [-0.15, -0.1) is 0 Å². The highest BCUT2D eigenvalue weighted by Gasteiger charge is 2.48. The number of piperidine rings is 2. The Morgan fingerprint density at radius 2 is 1.29 bits per heavy atom. The molecule has 20 heteroatoms. The van der Waals surface area contributed by atoms with E-state index in [1.807, 2.05) is 48.5 Å². The van der Waals surface area contributed by atoms with E-state index in [1.54, 1.807) is 27.9 Å². The minimum Gasteiger partial charge on any atom is -0.508 e. The second-order valence-electron chi connectivity index (χ2n) is 17.1. The van der Waals surface area contributed by atoms with Crippen LogP contribution in [-0.2, 0) is 24.3 Å². The van der Waals surface area contributed by atoms with Crippen LogP contribution in [0.2, 0.25) is 0 Å². The molecule has 2 N–H and O–H groups in total. The second-order valence-corrected chi connectivity index (χ2v) is 18.7. The Morgan fingerprint density at radius 1 is 0.785 bits per heavy atom. The first-order valence-corrected chi connectivity index (χ1v) is 23.0. The maximum Gasteiger partial charge on any atom is 0.534 e. The molecule has 0 saturated carbocycles. The first-order chi connectivity index (χ1) is 30.0. The number of likely N-dealkylation sites (tertiary alicyclic amines) is 1. The molecule has 0 bridgehead atoms. The Kier molecular flexibility index (Phi) is 22.6. The Hall–Kier alpha value is -4.53. The zero-order chi connectivity index (χ0) is 47.8. The van der Waals surface area contributed by atoms with Gasteiger partial charge in [0.1, 0.15) is 28.6 Å². The summed E-state index contributed by atoms with van der Waals surface area (Å²) in [6.07, 6.45) is 4.06. The van der Waals surface area contributed by atoms with Gasteiger partial charge in [0.05, 0.1) is 19.3 Å². The van der Waals surface area contributed by atoms with E-state index < -0.39 is 32.9 Å². The van der Waals surface area contributed by atoms with Crippen LogP contribution in [-0.4, -0.2) is 148 Å². The molecule has 2 aliphatic heterocycles. The monoisotopic (exact) mass is 948 g/mol. The number of phenols is 1. The number of alkyl halides is 3. The quantitative estimate of drug-likeness (QED) is 0.0847. The van der Waals surface area contributed by atoms with Crippen molar-refractivity contribution in [1.29, 1.82) is 0 Å². The highest BCUT2D eigenvalue weighted by molar-refractivity contribution is 7.88. The number of hydrogen-bond acceptors (Lipinski definition) is 13. The number of carbonyl (C=O) groups is 3. The Labute approximate surface area is 383 Å². The average Bonchev–Trinajstić information content (AvgIpc) is 3.20. The van der Waals surface area contributed by atoms with E-state index >= 15 is 0 Å². The molecule has 65 heavy (non-hydrogen) atoms. The third kappa shape index (κ3) is 18.0. The van der Waals surface area contributed by atoms with E-state index in [0.29, 0.717) is 63.6 Å². The summed E-state index contributed by atoms with van der Waals surface area (Å²) in [5, 5.41) is 13.4. The van der Waals surface area contributed by atoms with Crippen molar-refractivity contribution in [2.45, 2.75) is 130 Å². The molecule has 0 aromatic heterocycles. The van der Waals surface area contributed by atoms with Gasteiger partial charge in [-0.05, 0) is 105 Å². The second kappa shape index (κ2) is 26.0. The van der Waals surface area contributed by atoms with Gasteiger partial charge in [0.2, 0.25) is 0 Å². The molecule has 2 aromatic rings. The summed E-state index contributed by atoms with van der Waals surface area (Å²) in [5.41, 5.74) is -5.85. The van der Waals surface area contributed by atoms with Gasteiger partial charge >= 0.3 is 21.7 Å². The Morgan fingerprint density at radius 3 is 1.78 bits per heavy atom. The number of ether oxygens (including phenoxy) is 5. The van der Waals surface area contributed by atoms with Crippen LogP contribution in [0.1, 0.15) is 115 Å². The van der Waals surface area contributed by atoms with Gasteiger partial charge in [0.25, 0.3) is 11.8 Å². The summed E-state index contributed by atoms with van der Waals surface area (Å²) in [5.74, 6) is -0.878. The molecule has 0 unspecified atom stereocenters. The number of halogens is 3. The standard InChI is InChI=1S/C24H38N2O6.C20H29F3N2O6S.CH4/c1-17(2)26(19-9-7-10-25(16-19)23(29)32-24(3,4)5)22(28)18-13-20(27)15-21(14-18)31-12-8-11-30-6;1-14(2)25(16-6-4-7-24-13-16)19(26)15-10-17(30-9-5-8-29-3)12-18(11-15)31-32(27,28)20(21,22)23;/h13-15,17,19,27H,7-12,16H2,1-6H3;10-12,14,16,24H,4-9,13H2,1-3H3;1H4/t19-;16-;/m11./s1. The molecule has 2 saturated heterocycles. The average molecular weight is 949 g/mol. The molecular weight excluding hydrogens is 878 g/mol. The highest BCUT2D eigenvalue weighted by atomic mass is 32.2. The number of amides is 3. The molecule has 2 aromatic carbocycles. The van der Waals surface area contributed by atoms with Gasteiger partial charge in [-0.25, -0.2) is 4.79 Å². The van der Waals surface area contributed by atoms with Gasteiger partial charge in [-0.2, -0.15) is 21.6 Å². The van der Waals surface area contributed by atoms with E-state index in [9.17, 15) is 41.1 Å². The fraction of sp³-hybridized carbons (Fsp3) is 0.667. The molecule has 3 amide bonds. The van der Waals surface area contributed by atoms with Crippen molar-refractivity contribution in [2.24, 2.45) is 0 Å². The van der Waals surface area contributed by atoms with Crippen LogP contribution in [0.25, 0.3) is 0 Å². The fourth-order valence-electron chi connectivity index (χ4n) is 7.26. The zero-order valence-electron chi connectivity index (χ0n) is 38.5. The summed E-state index contributed by atoms with van der Waals surface area (Å²) in [6, 6.07) is 7.44. The van der Waals surface area contributed by atoms with E-state index in [1.165, 1.54) is 25.3 Å². The van der Waals surface area contributed by atoms with E-state index in [0.717, 1.165) is 44.4 Å². The van der Waals surface area contributed by atoms with Gasteiger partial charge in [-0.3, -0.25) is 9.59 Å². The predicted octanol–water partition coefficient (Wildman–Crippen LogP) is 7.63. The number of nitrogens with one attached hydrogen (secondary N) is 1. The molecule has 2 aliphatic rings. The predicted molar refractivity (Wildman–Crippen MR) is 240 cm³/mol. The number of nitrogens with zero attached hydrogens (tertiary/aromatic N) is 3. The minimum absolute atomic E-state index is 0. The van der Waals surface area contributed by atoms with Crippen molar-refractivity contribution in [3.8, 4) is 23.0 Å². The lowest BCUT2D eigenvalue weighted by Gasteiger charge is -2.41. The van der Waals surface area contributed by atoms with Crippen LogP contribution in [0.4, 0.5) is 18.0 Å². The smallest absolute Gasteiger partial charge is 0.508 e. The molecule has 2 fully saturated rings. The molecule has 2 heterocycles. The number of rotatable bonds is 18. The van der Waals surface area contributed by atoms with Crippen molar-refractivity contribution in [3.63, 3.8) is 0 Å². The maximum atomic E-state index is 13.5. The van der Waals surface area contributed by atoms with Crippen LogP contribution in [0.5, 0.6) is 23.0 Å². The van der Waals surface area contributed by atoms with Crippen LogP contribution < -0.4 is 19.0 Å². The summed E-state index contributed by atoms with van der Waals surface area (Å²) in [6.45, 7) is 17.1. The number of hydrogen-bond donors (Lipinski definition) is 2. The van der Waals surface area contributed by atoms with Crippen LogP contribution in [0.15, 0.2) is 36.4 Å². The van der Waals surface area contributed by atoms with Crippen LogP contribution in [0, 0.1) is 0 Å². The molecule has 0 aliphatic carbocycles. The number of carbonyl (C=O) groups excluding carboxylic acids is 3. The lowest BCUT2D eigenvalue weighted by atomic mass is 10.0. The molecule has 4 rings (SSSR count). The third-order valence-electron chi connectivity index (χ3n) is 9.97. The van der Waals surface area contributed by atoms with Crippen molar-refractivity contribution in [2.75, 3.05) is 66.8 Å². The van der Waals surface area contributed by atoms with Crippen molar-refractivity contribution in [3.05, 3.63) is 47.5 Å².